The maximum Gasteiger partial charge on any atom is 0.249 e. The van der Waals surface area contributed by atoms with Crippen LogP contribution in [0.1, 0.15) is 23.2 Å². The van der Waals surface area contributed by atoms with Gasteiger partial charge >= 0.3 is 0 Å². The van der Waals surface area contributed by atoms with Crippen LogP contribution in [-0.2, 0) is 4.74 Å². The highest BCUT2D eigenvalue weighted by molar-refractivity contribution is 5.71. The van der Waals surface area contributed by atoms with Crippen LogP contribution in [0.5, 0.6) is 5.88 Å². The first-order chi connectivity index (χ1) is 12.3. The van der Waals surface area contributed by atoms with Gasteiger partial charge in [-0.1, -0.05) is 23.6 Å². The lowest BCUT2D eigenvalue weighted by atomic mass is 10.1. The summed E-state index contributed by atoms with van der Waals surface area (Å²) in [5.74, 6) is 6.60. The number of ether oxygens (including phenoxy) is 2. The van der Waals surface area contributed by atoms with E-state index in [1.54, 1.807) is 13.3 Å². The van der Waals surface area contributed by atoms with Crippen LogP contribution in [0, 0.1) is 18.8 Å². The van der Waals surface area contributed by atoms with Gasteiger partial charge in [0.2, 0.25) is 5.88 Å². The van der Waals surface area contributed by atoms with Gasteiger partial charge in [0.25, 0.3) is 0 Å². The van der Waals surface area contributed by atoms with Gasteiger partial charge in [-0.15, -0.1) is 0 Å². The molecule has 0 radical (unpaired) electrons. The van der Waals surface area contributed by atoms with E-state index in [-0.39, 0.29) is 0 Å². The van der Waals surface area contributed by atoms with Gasteiger partial charge in [0.05, 0.1) is 6.61 Å². The maximum absolute atomic E-state index is 5.77. The fraction of sp³-hybridized carbons (Fsp3) is 0.250. The smallest absolute Gasteiger partial charge is 0.249 e. The van der Waals surface area contributed by atoms with Gasteiger partial charge in [-0.3, -0.25) is 0 Å². The number of rotatable bonds is 5. The first-order valence-electron chi connectivity index (χ1n) is 8.09. The van der Waals surface area contributed by atoms with Gasteiger partial charge in [0.1, 0.15) is 5.52 Å². The summed E-state index contributed by atoms with van der Waals surface area (Å²) in [6.07, 6.45) is 2.46. The highest BCUT2D eigenvalue weighted by atomic mass is 16.5. The molecule has 0 aliphatic carbocycles. The summed E-state index contributed by atoms with van der Waals surface area (Å²) in [7, 11) is 1.67. The summed E-state index contributed by atoms with van der Waals surface area (Å²) in [5, 5.41) is 0. The summed E-state index contributed by atoms with van der Waals surface area (Å²) in [6, 6.07) is 11.7. The second kappa shape index (κ2) is 8.22. The van der Waals surface area contributed by atoms with Crippen LogP contribution in [0.15, 0.2) is 42.6 Å². The number of methoxy groups -OCH3 is 1. The van der Waals surface area contributed by atoms with E-state index in [2.05, 4.69) is 26.8 Å². The lowest BCUT2D eigenvalue weighted by molar-refractivity contribution is 0.170. The van der Waals surface area contributed by atoms with Crippen LogP contribution < -0.4 is 4.74 Å². The molecule has 0 fully saturated rings. The molecule has 0 aliphatic rings. The molecule has 0 saturated heterocycles. The molecule has 5 heteroatoms. The highest BCUT2D eigenvalue weighted by Gasteiger charge is 2.09. The van der Waals surface area contributed by atoms with E-state index >= 15 is 0 Å². The van der Waals surface area contributed by atoms with Gasteiger partial charge in [-0.2, -0.15) is 0 Å². The van der Waals surface area contributed by atoms with Crippen LogP contribution in [-0.4, -0.2) is 35.3 Å². The lowest BCUT2D eigenvalue weighted by Crippen LogP contribution is -2.05. The Hall–Kier alpha value is -2.97. The van der Waals surface area contributed by atoms with Gasteiger partial charge in [0.15, 0.2) is 11.3 Å². The molecule has 0 amide bonds. The number of aromatic nitrogens is 3. The topological polar surface area (TPSA) is 57.1 Å². The highest BCUT2D eigenvalue weighted by Crippen LogP contribution is 2.17. The second-order valence-corrected chi connectivity index (χ2v) is 5.53. The largest absolute Gasteiger partial charge is 0.476 e. The molecule has 5 nitrogen and oxygen atoms in total. The fourth-order valence-corrected chi connectivity index (χ4v) is 2.20. The SMILES string of the molecule is COCCCOc1nc2cccnc2nc1C#Cc1ccc(C)cc1. The molecule has 0 unspecified atom stereocenters. The molecule has 2 heterocycles. The minimum absolute atomic E-state index is 0.427. The Morgan fingerprint density at radius 1 is 1.00 bits per heavy atom. The average Bonchev–Trinajstić information content (AvgIpc) is 2.64. The number of hydrogen-bond donors (Lipinski definition) is 0. The van der Waals surface area contributed by atoms with Gasteiger partial charge in [-0.25, -0.2) is 15.0 Å². The van der Waals surface area contributed by atoms with E-state index in [4.69, 9.17) is 9.47 Å². The van der Waals surface area contributed by atoms with Crippen molar-refractivity contribution in [2.45, 2.75) is 13.3 Å². The molecule has 3 rings (SSSR count). The van der Waals surface area contributed by atoms with E-state index < -0.39 is 0 Å². The zero-order chi connectivity index (χ0) is 17.5. The maximum atomic E-state index is 5.77. The van der Waals surface area contributed by atoms with Crippen molar-refractivity contribution >= 4 is 11.2 Å². The minimum atomic E-state index is 0.427. The number of hydrogen-bond acceptors (Lipinski definition) is 5. The van der Waals surface area contributed by atoms with Gasteiger partial charge in [0, 0.05) is 31.9 Å². The molecule has 0 aliphatic heterocycles. The lowest BCUT2D eigenvalue weighted by Gasteiger charge is -2.07. The molecule has 0 spiro atoms. The average molecular weight is 333 g/mol. The fourth-order valence-electron chi connectivity index (χ4n) is 2.20. The zero-order valence-corrected chi connectivity index (χ0v) is 14.3. The first kappa shape index (κ1) is 16.9. The van der Waals surface area contributed by atoms with Crippen LogP contribution >= 0.6 is 0 Å². The quantitative estimate of drug-likeness (QED) is 0.530. The summed E-state index contributed by atoms with van der Waals surface area (Å²) in [4.78, 5) is 13.3. The van der Waals surface area contributed by atoms with Crippen molar-refractivity contribution < 1.29 is 9.47 Å². The number of fused-ring (bicyclic) bond motifs is 1. The zero-order valence-electron chi connectivity index (χ0n) is 14.3. The summed E-state index contributed by atoms with van der Waals surface area (Å²) < 4.78 is 10.8. The molecular weight excluding hydrogens is 314 g/mol. The van der Waals surface area contributed by atoms with E-state index in [9.17, 15) is 0 Å². The van der Waals surface area contributed by atoms with Crippen molar-refractivity contribution in [3.63, 3.8) is 0 Å². The molecule has 1 aromatic carbocycles. The van der Waals surface area contributed by atoms with Crippen molar-refractivity contribution in [3.8, 4) is 17.7 Å². The van der Waals surface area contributed by atoms with Crippen LogP contribution in [0.2, 0.25) is 0 Å². The van der Waals surface area contributed by atoms with E-state index in [0.29, 0.717) is 36.0 Å². The van der Waals surface area contributed by atoms with Crippen LogP contribution in [0.25, 0.3) is 11.2 Å². The third kappa shape index (κ3) is 4.52. The van der Waals surface area contributed by atoms with Crippen LogP contribution in [0.4, 0.5) is 0 Å². The Bertz CT molecular complexity index is 912. The van der Waals surface area contributed by atoms with Crippen molar-refractivity contribution in [1.82, 2.24) is 15.0 Å². The molecule has 0 N–H and O–H groups in total. The van der Waals surface area contributed by atoms with E-state index in [0.717, 1.165) is 12.0 Å². The predicted octanol–water partition coefficient (Wildman–Crippen LogP) is 3.15. The minimum Gasteiger partial charge on any atom is -0.476 e. The van der Waals surface area contributed by atoms with Crippen molar-refractivity contribution in [2.24, 2.45) is 0 Å². The summed E-state index contributed by atoms with van der Waals surface area (Å²) in [6.45, 7) is 3.17. The summed E-state index contributed by atoms with van der Waals surface area (Å²) in [5.41, 5.74) is 3.84. The normalized spacial score (nSPS) is 10.3. The standard InChI is InChI=1S/C20H19N3O2/c1-15-6-8-16(9-7-15)10-11-18-20(25-14-4-13-24-2)23-17-5-3-12-21-19(17)22-18/h3,5-9,12H,4,13-14H2,1-2H3. The Balaban J connectivity index is 1.92. The van der Waals surface area contributed by atoms with Crippen molar-refractivity contribution in [2.75, 3.05) is 20.3 Å². The molecule has 0 saturated carbocycles. The third-order valence-electron chi connectivity index (χ3n) is 3.52. The number of benzene rings is 1. The van der Waals surface area contributed by atoms with Crippen molar-refractivity contribution in [3.05, 3.63) is 59.4 Å². The van der Waals surface area contributed by atoms with E-state index in [1.165, 1.54) is 5.56 Å². The number of nitrogens with zero attached hydrogens (tertiary/aromatic N) is 3. The third-order valence-corrected chi connectivity index (χ3v) is 3.52. The Kier molecular flexibility index (Phi) is 5.55. The van der Waals surface area contributed by atoms with Crippen molar-refractivity contribution in [1.29, 1.82) is 0 Å². The second-order valence-electron chi connectivity index (χ2n) is 5.53. The van der Waals surface area contributed by atoms with E-state index in [1.807, 2.05) is 43.3 Å². The summed E-state index contributed by atoms with van der Waals surface area (Å²) >= 11 is 0. The Labute approximate surface area is 147 Å². The Morgan fingerprint density at radius 3 is 2.64 bits per heavy atom. The molecule has 0 atom stereocenters. The van der Waals surface area contributed by atoms with Gasteiger partial charge < -0.3 is 9.47 Å². The van der Waals surface area contributed by atoms with Crippen LogP contribution in [0.3, 0.4) is 0 Å². The first-order valence-corrected chi connectivity index (χ1v) is 8.09. The molecule has 2 aromatic heterocycles. The molecule has 3 aromatic rings. The molecule has 126 valence electrons. The molecule has 0 bridgehead atoms. The number of aryl methyl sites for hydroxylation is 1. The monoisotopic (exact) mass is 333 g/mol. The predicted molar refractivity (Wildman–Crippen MR) is 96.5 cm³/mol. The molecule has 25 heavy (non-hydrogen) atoms. The van der Waals surface area contributed by atoms with Gasteiger partial charge in [-0.05, 0) is 37.1 Å². The molecular formula is C20H19N3O2. The Morgan fingerprint density at radius 2 is 1.84 bits per heavy atom. The number of pyridine rings is 1.